The quantitative estimate of drug-likeness (QED) is 0.679. The molecule has 0 aliphatic carbocycles. The molecule has 0 saturated carbocycles. The number of rotatable bonds is 2. The molecule has 4 nitrogen and oxygen atoms in total. The zero-order valence-corrected chi connectivity index (χ0v) is 12.7. The van der Waals surface area contributed by atoms with Gasteiger partial charge in [-0.3, -0.25) is 4.79 Å². The van der Waals surface area contributed by atoms with Crippen LogP contribution in [-0.2, 0) is 10.3 Å². The molecule has 0 bridgehead atoms. The Balaban J connectivity index is 2.46. The Morgan fingerprint density at radius 2 is 2.00 bits per heavy atom. The molecule has 1 atom stereocenters. The number of ketones is 1. The molecule has 21 heavy (non-hydrogen) atoms. The van der Waals surface area contributed by atoms with Crippen molar-refractivity contribution in [2.24, 2.45) is 0 Å². The van der Waals surface area contributed by atoms with Gasteiger partial charge in [-0.25, -0.2) is 4.79 Å². The standard InChI is InChI=1S/C17H19NO3/c1-9-5-6-11-10(2)7-17(3,4)18-8-12(13(9)14(11)18)15(19)16(20)21/h5-6,8,10H,7H2,1-4H3,(H,20,21). The number of Topliss-reactive ketones (excluding diaryl/α,β-unsaturated/α-hetero) is 1. The maximum atomic E-state index is 12.1. The minimum Gasteiger partial charge on any atom is -0.475 e. The molecule has 3 rings (SSSR count). The number of carbonyl (C=O) groups is 2. The van der Waals surface area contributed by atoms with Crippen LogP contribution in [0.25, 0.3) is 10.9 Å². The summed E-state index contributed by atoms with van der Waals surface area (Å²) in [7, 11) is 0. The van der Waals surface area contributed by atoms with E-state index in [0.29, 0.717) is 11.5 Å². The molecule has 1 aromatic heterocycles. The summed E-state index contributed by atoms with van der Waals surface area (Å²) in [4.78, 5) is 23.2. The minimum atomic E-state index is -1.40. The fraction of sp³-hybridized carbons (Fsp3) is 0.412. The summed E-state index contributed by atoms with van der Waals surface area (Å²) < 4.78 is 2.08. The van der Waals surface area contributed by atoms with Crippen LogP contribution in [0.1, 0.15) is 54.6 Å². The van der Waals surface area contributed by atoms with Crippen LogP contribution >= 0.6 is 0 Å². The highest BCUT2D eigenvalue weighted by Gasteiger charge is 2.35. The van der Waals surface area contributed by atoms with E-state index in [4.69, 9.17) is 5.11 Å². The van der Waals surface area contributed by atoms with Crippen molar-refractivity contribution < 1.29 is 14.7 Å². The molecule has 1 aliphatic rings. The molecule has 0 fully saturated rings. The topological polar surface area (TPSA) is 59.3 Å². The molecular formula is C17H19NO3. The van der Waals surface area contributed by atoms with Gasteiger partial charge in [-0.15, -0.1) is 0 Å². The lowest BCUT2D eigenvalue weighted by molar-refractivity contribution is -0.131. The second kappa shape index (κ2) is 4.20. The summed E-state index contributed by atoms with van der Waals surface area (Å²) in [6, 6.07) is 4.08. The fourth-order valence-electron chi connectivity index (χ4n) is 3.69. The van der Waals surface area contributed by atoms with Crippen molar-refractivity contribution in [3.8, 4) is 0 Å². The highest BCUT2D eigenvalue weighted by atomic mass is 16.4. The van der Waals surface area contributed by atoms with Gasteiger partial charge < -0.3 is 9.67 Å². The zero-order chi connectivity index (χ0) is 15.5. The zero-order valence-electron chi connectivity index (χ0n) is 12.7. The van der Waals surface area contributed by atoms with Gasteiger partial charge in [0.25, 0.3) is 5.78 Å². The van der Waals surface area contributed by atoms with E-state index in [0.717, 1.165) is 22.9 Å². The molecule has 1 aliphatic heterocycles. The van der Waals surface area contributed by atoms with Crippen LogP contribution in [0, 0.1) is 6.92 Å². The summed E-state index contributed by atoms with van der Waals surface area (Å²) in [5.41, 5.74) is 3.33. The largest absolute Gasteiger partial charge is 0.475 e. The molecule has 0 saturated heterocycles. The van der Waals surface area contributed by atoms with Crippen LogP contribution in [-0.4, -0.2) is 21.4 Å². The Morgan fingerprint density at radius 1 is 1.33 bits per heavy atom. The maximum Gasteiger partial charge on any atom is 0.377 e. The lowest BCUT2D eigenvalue weighted by Crippen LogP contribution is -2.31. The van der Waals surface area contributed by atoms with Crippen molar-refractivity contribution in [1.82, 2.24) is 4.57 Å². The van der Waals surface area contributed by atoms with Gasteiger partial charge in [0, 0.05) is 17.1 Å². The molecule has 1 aromatic carbocycles. The maximum absolute atomic E-state index is 12.1. The highest BCUT2D eigenvalue weighted by molar-refractivity contribution is 6.42. The summed E-state index contributed by atoms with van der Waals surface area (Å²) >= 11 is 0. The summed E-state index contributed by atoms with van der Waals surface area (Å²) in [5.74, 6) is -1.84. The van der Waals surface area contributed by atoms with Crippen molar-refractivity contribution in [3.05, 3.63) is 35.0 Å². The Kier molecular flexibility index (Phi) is 2.77. The first-order chi connectivity index (χ1) is 9.74. The Bertz CT molecular complexity index is 783. The number of aromatic nitrogens is 1. The van der Waals surface area contributed by atoms with Crippen LogP contribution in [0.3, 0.4) is 0 Å². The SMILES string of the molecule is Cc1ccc2c3c1c(C(=O)C(=O)O)cn3C(C)(C)CC2C. The molecule has 0 radical (unpaired) electrons. The number of carbonyl (C=O) groups excluding carboxylic acids is 1. The van der Waals surface area contributed by atoms with Gasteiger partial charge in [0.15, 0.2) is 0 Å². The van der Waals surface area contributed by atoms with Crippen molar-refractivity contribution in [2.75, 3.05) is 0 Å². The lowest BCUT2D eigenvalue weighted by atomic mass is 9.82. The predicted octanol–water partition coefficient (Wildman–Crippen LogP) is 3.46. The molecule has 0 spiro atoms. The van der Waals surface area contributed by atoms with Crippen molar-refractivity contribution in [3.63, 3.8) is 0 Å². The first-order valence-corrected chi connectivity index (χ1v) is 7.16. The normalized spacial score (nSPS) is 19.7. The van der Waals surface area contributed by atoms with Gasteiger partial charge in [-0.1, -0.05) is 19.1 Å². The first kappa shape index (κ1) is 13.9. The summed E-state index contributed by atoms with van der Waals surface area (Å²) in [6.07, 6.45) is 2.69. The summed E-state index contributed by atoms with van der Waals surface area (Å²) in [6.45, 7) is 8.36. The number of benzene rings is 1. The van der Waals surface area contributed by atoms with Crippen LogP contribution in [0.15, 0.2) is 18.3 Å². The number of hydrogen-bond donors (Lipinski definition) is 1. The average molecular weight is 285 g/mol. The van der Waals surface area contributed by atoms with E-state index < -0.39 is 11.8 Å². The van der Waals surface area contributed by atoms with E-state index in [2.05, 4.69) is 31.4 Å². The van der Waals surface area contributed by atoms with Crippen molar-refractivity contribution in [1.29, 1.82) is 0 Å². The van der Waals surface area contributed by atoms with E-state index in [1.807, 2.05) is 13.0 Å². The van der Waals surface area contributed by atoms with Gasteiger partial charge >= 0.3 is 5.97 Å². The second-order valence-corrected chi connectivity index (χ2v) is 6.66. The third-order valence-electron chi connectivity index (χ3n) is 4.61. The number of carboxylic acid groups (broad SMARTS) is 1. The Morgan fingerprint density at radius 3 is 2.62 bits per heavy atom. The van der Waals surface area contributed by atoms with Gasteiger partial charge in [-0.05, 0) is 44.2 Å². The molecule has 1 unspecified atom stereocenters. The molecular weight excluding hydrogens is 266 g/mol. The van der Waals surface area contributed by atoms with Crippen molar-refractivity contribution in [2.45, 2.75) is 45.6 Å². The average Bonchev–Trinajstić information content (AvgIpc) is 2.78. The third-order valence-corrected chi connectivity index (χ3v) is 4.61. The van der Waals surface area contributed by atoms with E-state index in [9.17, 15) is 9.59 Å². The first-order valence-electron chi connectivity index (χ1n) is 7.16. The molecule has 1 N–H and O–H groups in total. The van der Waals surface area contributed by atoms with E-state index in [1.165, 1.54) is 5.56 Å². The van der Waals surface area contributed by atoms with E-state index in [-0.39, 0.29) is 5.54 Å². The minimum absolute atomic E-state index is 0.129. The number of carboxylic acids is 1. The third kappa shape index (κ3) is 1.82. The fourth-order valence-corrected chi connectivity index (χ4v) is 3.69. The van der Waals surface area contributed by atoms with Crippen LogP contribution in [0.5, 0.6) is 0 Å². The highest BCUT2D eigenvalue weighted by Crippen LogP contribution is 2.44. The summed E-state index contributed by atoms with van der Waals surface area (Å²) in [5, 5.41) is 9.87. The monoisotopic (exact) mass is 285 g/mol. The number of aryl methyl sites for hydroxylation is 1. The van der Waals surface area contributed by atoms with Crippen LogP contribution < -0.4 is 0 Å². The molecule has 0 amide bonds. The van der Waals surface area contributed by atoms with E-state index >= 15 is 0 Å². The molecule has 2 heterocycles. The van der Waals surface area contributed by atoms with E-state index in [1.54, 1.807) is 6.20 Å². The smallest absolute Gasteiger partial charge is 0.377 e. The van der Waals surface area contributed by atoms with Crippen molar-refractivity contribution >= 4 is 22.7 Å². The van der Waals surface area contributed by atoms with Gasteiger partial charge in [0.2, 0.25) is 0 Å². The predicted molar refractivity (Wildman–Crippen MR) is 81.0 cm³/mol. The molecule has 110 valence electrons. The van der Waals surface area contributed by atoms with Gasteiger partial charge in [0.1, 0.15) is 0 Å². The lowest BCUT2D eigenvalue weighted by Gasteiger charge is -2.36. The Labute approximate surface area is 123 Å². The van der Waals surface area contributed by atoms with Gasteiger partial charge in [-0.2, -0.15) is 0 Å². The Hall–Kier alpha value is -2.10. The van der Waals surface area contributed by atoms with Gasteiger partial charge in [0.05, 0.1) is 11.1 Å². The number of hydrogen-bond acceptors (Lipinski definition) is 2. The van der Waals surface area contributed by atoms with Crippen LogP contribution in [0.2, 0.25) is 0 Å². The molecule has 2 aromatic rings. The second-order valence-electron chi connectivity index (χ2n) is 6.66. The number of nitrogens with zero attached hydrogens (tertiary/aromatic N) is 1. The van der Waals surface area contributed by atoms with Crippen LogP contribution in [0.4, 0.5) is 0 Å². The molecule has 4 heteroatoms. The number of aliphatic carboxylic acids is 1.